The van der Waals surface area contributed by atoms with Crippen molar-refractivity contribution in [3.05, 3.63) is 65.7 Å². The lowest BCUT2D eigenvalue weighted by atomic mass is 10.1. The number of carbonyl (C=O) groups is 2. The third kappa shape index (κ3) is 8.62. The van der Waals surface area contributed by atoms with E-state index in [0.717, 1.165) is 12.8 Å². The summed E-state index contributed by atoms with van der Waals surface area (Å²) in [5.41, 5.74) is 1.89. The first-order valence-corrected chi connectivity index (χ1v) is 9.87. The van der Waals surface area contributed by atoms with Gasteiger partial charge in [0.05, 0.1) is 7.11 Å². The van der Waals surface area contributed by atoms with Crippen molar-refractivity contribution in [2.75, 3.05) is 20.3 Å². The summed E-state index contributed by atoms with van der Waals surface area (Å²) in [5.74, 6) is -0.102. The molecule has 7 heteroatoms. The first-order chi connectivity index (χ1) is 15.0. The van der Waals surface area contributed by atoms with Crippen LogP contribution in [0, 0.1) is 11.3 Å². The topological polar surface area (TPSA) is 97.7 Å². The number of hydrogen-bond donors (Lipinski definition) is 1. The monoisotopic (exact) mass is 422 g/mol. The maximum absolute atomic E-state index is 12.0. The Morgan fingerprint density at radius 3 is 2.65 bits per heavy atom. The number of benzene rings is 2. The lowest BCUT2D eigenvalue weighted by Crippen LogP contribution is -2.36. The SMILES string of the molecule is COc1cc(/C=C/C(=O)OCC(=O)N[C@@H](C)CCc2ccccc2)ccc1OCC#N. The first-order valence-electron chi connectivity index (χ1n) is 9.87. The average molecular weight is 422 g/mol. The Kier molecular flexibility index (Phi) is 9.63. The Hall–Kier alpha value is -3.79. The molecule has 7 nitrogen and oxygen atoms in total. The lowest BCUT2D eigenvalue weighted by Gasteiger charge is -2.13. The van der Waals surface area contributed by atoms with Crippen molar-refractivity contribution >= 4 is 18.0 Å². The predicted octanol–water partition coefficient (Wildman–Crippen LogP) is 3.29. The van der Waals surface area contributed by atoms with Crippen LogP contribution < -0.4 is 14.8 Å². The number of methoxy groups -OCH3 is 1. The summed E-state index contributed by atoms with van der Waals surface area (Å²) in [5, 5.41) is 11.4. The van der Waals surface area contributed by atoms with E-state index in [0.29, 0.717) is 17.1 Å². The molecule has 162 valence electrons. The number of carbonyl (C=O) groups excluding carboxylic acids is 2. The molecule has 0 aliphatic heterocycles. The molecule has 0 aromatic heterocycles. The Morgan fingerprint density at radius 1 is 1.16 bits per heavy atom. The van der Waals surface area contributed by atoms with Gasteiger partial charge in [0.2, 0.25) is 0 Å². The van der Waals surface area contributed by atoms with Gasteiger partial charge in [0.25, 0.3) is 5.91 Å². The number of nitrogens with zero attached hydrogens (tertiary/aromatic N) is 1. The van der Waals surface area contributed by atoms with E-state index < -0.39 is 5.97 Å². The van der Waals surface area contributed by atoms with Crippen LogP contribution in [0.2, 0.25) is 0 Å². The zero-order valence-electron chi connectivity index (χ0n) is 17.7. The van der Waals surface area contributed by atoms with Gasteiger partial charge in [-0.2, -0.15) is 5.26 Å². The van der Waals surface area contributed by atoms with E-state index in [1.165, 1.54) is 18.7 Å². The number of amides is 1. The summed E-state index contributed by atoms with van der Waals surface area (Å²) in [7, 11) is 1.48. The molecule has 0 radical (unpaired) electrons. The van der Waals surface area contributed by atoms with Crippen LogP contribution in [0.25, 0.3) is 6.08 Å². The highest BCUT2D eigenvalue weighted by molar-refractivity contribution is 5.89. The van der Waals surface area contributed by atoms with Gasteiger partial charge in [-0.15, -0.1) is 0 Å². The van der Waals surface area contributed by atoms with Crippen molar-refractivity contribution in [3.8, 4) is 17.6 Å². The molecule has 0 saturated heterocycles. The molecule has 0 heterocycles. The summed E-state index contributed by atoms with van der Waals surface area (Å²) < 4.78 is 15.5. The molecule has 31 heavy (non-hydrogen) atoms. The minimum absolute atomic E-state index is 0.0313. The number of esters is 1. The van der Waals surface area contributed by atoms with Crippen LogP contribution >= 0.6 is 0 Å². The molecule has 0 aliphatic rings. The van der Waals surface area contributed by atoms with Gasteiger partial charge in [0.1, 0.15) is 6.07 Å². The minimum atomic E-state index is -0.629. The quantitative estimate of drug-likeness (QED) is 0.441. The number of nitrogens with one attached hydrogen (secondary N) is 1. The van der Waals surface area contributed by atoms with Crippen molar-refractivity contribution in [3.63, 3.8) is 0 Å². The number of nitriles is 1. The van der Waals surface area contributed by atoms with Crippen LogP contribution in [0.1, 0.15) is 24.5 Å². The zero-order valence-corrected chi connectivity index (χ0v) is 17.7. The van der Waals surface area contributed by atoms with Crippen LogP contribution in [0.4, 0.5) is 0 Å². The van der Waals surface area contributed by atoms with Crippen LogP contribution in [0.5, 0.6) is 11.5 Å². The van der Waals surface area contributed by atoms with Gasteiger partial charge >= 0.3 is 5.97 Å². The van der Waals surface area contributed by atoms with Gasteiger partial charge in [-0.05, 0) is 49.1 Å². The molecular weight excluding hydrogens is 396 g/mol. The zero-order chi connectivity index (χ0) is 22.5. The molecule has 0 spiro atoms. The second-order valence-corrected chi connectivity index (χ2v) is 6.79. The smallest absolute Gasteiger partial charge is 0.331 e. The average Bonchev–Trinajstić information content (AvgIpc) is 2.79. The van der Waals surface area contributed by atoms with Crippen LogP contribution in [0.3, 0.4) is 0 Å². The standard InChI is InChI=1S/C24H26N2O5/c1-18(8-9-19-6-4-3-5-7-19)26-23(27)17-31-24(28)13-11-20-10-12-21(30-15-14-25)22(16-20)29-2/h3-7,10-13,16,18H,8-9,15,17H2,1-2H3,(H,26,27)/b13-11+/t18-/m0/s1. The fraction of sp³-hybridized carbons (Fsp3) is 0.292. The minimum Gasteiger partial charge on any atom is -0.493 e. The Balaban J connectivity index is 1.75. The van der Waals surface area contributed by atoms with Crippen molar-refractivity contribution in [2.24, 2.45) is 0 Å². The van der Waals surface area contributed by atoms with E-state index in [9.17, 15) is 9.59 Å². The molecule has 1 N–H and O–H groups in total. The number of rotatable bonds is 11. The first kappa shape index (κ1) is 23.5. The van der Waals surface area contributed by atoms with E-state index in [2.05, 4.69) is 5.32 Å². The van der Waals surface area contributed by atoms with Crippen molar-refractivity contribution < 1.29 is 23.8 Å². The van der Waals surface area contributed by atoms with Crippen molar-refractivity contribution in [1.29, 1.82) is 5.26 Å². The third-order valence-corrected chi connectivity index (χ3v) is 4.35. The van der Waals surface area contributed by atoms with Crippen LogP contribution in [-0.4, -0.2) is 38.2 Å². The molecule has 0 saturated carbocycles. The number of aryl methyl sites for hydroxylation is 1. The normalized spacial score (nSPS) is 11.4. The number of ether oxygens (including phenoxy) is 3. The highest BCUT2D eigenvalue weighted by Crippen LogP contribution is 2.28. The molecule has 0 fully saturated rings. The van der Waals surface area contributed by atoms with Crippen molar-refractivity contribution in [2.45, 2.75) is 25.8 Å². The maximum atomic E-state index is 12.0. The molecular formula is C24H26N2O5. The van der Waals surface area contributed by atoms with Gasteiger partial charge in [-0.1, -0.05) is 36.4 Å². The van der Waals surface area contributed by atoms with E-state index in [-0.39, 0.29) is 25.2 Å². The van der Waals surface area contributed by atoms with Gasteiger partial charge in [0, 0.05) is 12.1 Å². The summed E-state index contributed by atoms with van der Waals surface area (Å²) in [6.45, 7) is 1.48. The highest BCUT2D eigenvalue weighted by atomic mass is 16.5. The summed E-state index contributed by atoms with van der Waals surface area (Å²) in [6.07, 6.45) is 4.42. The van der Waals surface area contributed by atoms with Gasteiger partial charge < -0.3 is 19.5 Å². The van der Waals surface area contributed by atoms with Gasteiger partial charge in [0.15, 0.2) is 24.7 Å². The van der Waals surface area contributed by atoms with Crippen LogP contribution in [0.15, 0.2) is 54.6 Å². The molecule has 2 aromatic carbocycles. The second-order valence-electron chi connectivity index (χ2n) is 6.79. The number of hydrogen-bond acceptors (Lipinski definition) is 6. The summed E-state index contributed by atoms with van der Waals surface area (Å²) in [4.78, 5) is 23.9. The summed E-state index contributed by atoms with van der Waals surface area (Å²) >= 11 is 0. The molecule has 1 atom stereocenters. The Labute approximate surface area is 182 Å². The molecule has 2 rings (SSSR count). The lowest BCUT2D eigenvalue weighted by molar-refractivity contribution is -0.144. The van der Waals surface area contributed by atoms with E-state index in [4.69, 9.17) is 19.5 Å². The van der Waals surface area contributed by atoms with E-state index in [1.807, 2.05) is 43.3 Å². The maximum Gasteiger partial charge on any atom is 0.331 e. The van der Waals surface area contributed by atoms with E-state index in [1.54, 1.807) is 24.3 Å². The second kappa shape index (κ2) is 12.7. The predicted molar refractivity (Wildman–Crippen MR) is 116 cm³/mol. The van der Waals surface area contributed by atoms with Gasteiger partial charge in [-0.3, -0.25) is 4.79 Å². The highest BCUT2D eigenvalue weighted by Gasteiger charge is 2.10. The Bertz CT molecular complexity index is 935. The summed E-state index contributed by atoms with van der Waals surface area (Å²) in [6, 6.07) is 16.9. The third-order valence-electron chi connectivity index (χ3n) is 4.35. The largest absolute Gasteiger partial charge is 0.493 e. The Morgan fingerprint density at radius 2 is 1.94 bits per heavy atom. The molecule has 0 bridgehead atoms. The van der Waals surface area contributed by atoms with Crippen LogP contribution in [-0.2, 0) is 20.7 Å². The fourth-order valence-corrected chi connectivity index (χ4v) is 2.78. The molecule has 0 unspecified atom stereocenters. The molecule has 0 aliphatic carbocycles. The van der Waals surface area contributed by atoms with E-state index >= 15 is 0 Å². The fourth-order valence-electron chi connectivity index (χ4n) is 2.78. The van der Waals surface area contributed by atoms with Gasteiger partial charge in [-0.25, -0.2) is 4.79 Å². The molecule has 2 aromatic rings. The molecule has 1 amide bonds. The van der Waals surface area contributed by atoms with Crippen molar-refractivity contribution in [1.82, 2.24) is 5.32 Å².